The van der Waals surface area contributed by atoms with Gasteiger partial charge in [0.2, 0.25) is 0 Å². The molecule has 3 atom stereocenters. The zero-order valence-corrected chi connectivity index (χ0v) is 21.9. The Hall–Kier alpha value is -2.82. The molecule has 0 N–H and O–H groups in total. The minimum Gasteiger partial charge on any atom is -0.381 e. The van der Waals surface area contributed by atoms with Crippen LogP contribution in [0.15, 0.2) is 71.4 Å². The van der Waals surface area contributed by atoms with E-state index in [1.165, 1.54) is 11.1 Å². The van der Waals surface area contributed by atoms with Gasteiger partial charge in [0.05, 0.1) is 23.7 Å². The molecule has 0 bridgehead atoms. The summed E-state index contributed by atoms with van der Waals surface area (Å²) >= 11 is 0. The third kappa shape index (κ3) is 5.61. The Bertz CT molecular complexity index is 1220. The lowest BCUT2D eigenvalue weighted by Gasteiger charge is -2.21. The summed E-state index contributed by atoms with van der Waals surface area (Å²) in [6, 6.07) is 12.9. The van der Waals surface area contributed by atoms with Crippen molar-refractivity contribution in [3.05, 3.63) is 83.2 Å². The zero-order valence-electron chi connectivity index (χ0n) is 21.9. The number of aromatic nitrogens is 1. The van der Waals surface area contributed by atoms with Crippen LogP contribution >= 0.6 is 0 Å². The molecule has 1 saturated heterocycles. The number of fused-ring (bicyclic) bond motifs is 1. The van der Waals surface area contributed by atoms with E-state index in [2.05, 4.69) is 75.9 Å². The minimum atomic E-state index is 0.344. The lowest BCUT2D eigenvalue weighted by molar-refractivity contribution is 0.112. The Labute approximate surface area is 215 Å². The first kappa shape index (κ1) is 24.9. The van der Waals surface area contributed by atoms with Crippen LogP contribution in [-0.2, 0) is 9.47 Å². The lowest BCUT2D eigenvalue weighted by atomic mass is 9.91. The van der Waals surface area contributed by atoms with E-state index in [0.717, 1.165) is 91.6 Å². The van der Waals surface area contributed by atoms with Crippen LogP contribution in [0.25, 0.3) is 16.8 Å². The molecule has 0 amide bonds. The number of ether oxygens (including phenoxy) is 2. The summed E-state index contributed by atoms with van der Waals surface area (Å²) in [5.74, 6) is 1.21. The molecule has 1 aromatic carbocycles. The van der Waals surface area contributed by atoms with Crippen molar-refractivity contribution in [1.29, 1.82) is 0 Å². The van der Waals surface area contributed by atoms with Crippen molar-refractivity contribution < 1.29 is 9.47 Å². The van der Waals surface area contributed by atoms with Gasteiger partial charge in [-0.2, -0.15) is 0 Å². The highest BCUT2D eigenvalue weighted by Crippen LogP contribution is 2.36. The first-order chi connectivity index (χ1) is 17.5. The van der Waals surface area contributed by atoms with Gasteiger partial charge in [-0.3, -0.25) is 4.99 Å². The fourth-order valence-corrected chi connectivity index (χ4v) is 5.54. The molecule has 4 heterocycles. The van der Waals surface area contributed by atoms with Crippen LogP contribution < -0.4 is 0 Å². The number of hydrogen-bond acceptors (Lipinski definition) is 4. The van der Waals surface area contributed by atoms with Crippen molar-refractivity contribution in [1.82, 2.24) is 4.98 Å². The topological polar surface area (TPSA) is 43.7 Å². The number of rotatable bonds is 3. The molecule has 1 unspecified atom stereocenters. The third-order valence-electron chi connectivity index (χ3n) is 7.35. The molecule has 0 saturated carbocycles. The highest BCUT2D eigenvalue weighted by molar-refractivity contribution is 6.16. The van der Waals surface area contributed by atoms with Crippen molar-refractivity contribution in [2.45, 2.75) is 46.5 Å². The molecule has 3 aliphatic rings. The van der Waals surface area contributed by atoms with Gasteiger partial charge in [-0.15, -0.1) is 0 Å². The quantitative estimate of drug-likeness (QED) is 0.465. The summed E-state index contributed by atoms with van der Waals surface area (Å²) in [4.78, 5) is 10.6. The highest BCUT2D eigenvalue weighted by atomic mass is 16.5. The fourth-order valence-electron chi connectivity index (χ4n) is 5.54. The van der Waals surface area contributed by atoms with Gasteiger partial charge >= 0.3 is 0 Å². The van der Waals surface area contributed by atoms with Crippen LogP contribution in [0.5, 0.6) is 0 Å². The molecular weight excluding hydrogens is 444 g/mol. The van der Waals surface area contributed by atoms with Crippen LogP contribution in [0, 0.1) is 24.7 Å². The predicted molar refractivity (Wildman–Crippen MR) is 148 cm³/mol. The van der Waals surface area contributed by atoms with Crippen LogP contribution in [0.3, 0.4) is 0 Å². The van der Waals surface area contributed by atoms with Gasteiger partial charge in [0, 0.05) is 42.6 Å². The number of allylic oxidation sites excluding steroid dienone is 4. The van der Waals surface area contributed by atoms with Crippen LogP contribution in [0.2, 0.25) is 0 Å². The summed E-state index contributed by atoms with van der Waals surface area (Å²) in [5.41, 5.74) is 9.77. The van der Waals surface area contributed by atoms with Gasteiger partial charge in [-0.1, -0.05) is 50.3 Å². The van der Waals surface area contributed by atoms with Crippen molar-refractivity contribution in [3.8, 4) is 11.3 Å². The summed E-state index contributed by atoms with van der Waals surface area (Å²) in [6.45, 7) is 14.3. The first-order valence-electron chi connectivity index (χ1n) is 13.4. The van der Waals surface area contributed by atoms with Crippen molar-refractivity contribution in [3.63, 3.8) is 0 Å². The Balaban J connectivity index is 1.64. The van der Waals surface area contributed by atoms with E-state index in [0.29, 0.717) is 17.8 Å². The summed E-state index contributed by atoms with van der Waals surface area (Å²) in [5, 5.41) is 0. The van der Waals surface area contributed by atoms with Gasteiger partial charge in [-0.05, 0) is 79.9 Å². The number of nitrogens with zero attached hydrogens (tertiary/aromatic N) is 2. The summed E-state index contributed by atoms with van der Waals surface area (Å²) in [6.07, 6.45) is 8.57. The number of aryl methyl sites for hydroxylation is 1. The van der Waals surface area contributed by atoms with Gasteiger partial charge in [-0.25, -0.2) is 4.98 Å². The smallest absolute Gasteiger partial charge is 0.0798 e. The molecule has 0 spiro atoms. The Morgan fingerprint density at radius 3 is 2.75 bits per heavy atom. The monoisotopic (exact) mass is 482 g/mol. The Kier molecular flexibility index (Phi) is 7.64. The normalized spacial score (nSPS) is 26.8. The van der Waals surface area contributed by atoms with Crippen molar-refractivity contribution in [2.24, 2.45) is 22.7 Å². The second-order valence-electron chi connectivity index (χ2n) is 10.8. The Morgan fingerprint density at radius 2 is 1.89 bits per heavy atom. The fraction of sp³-hybridized carbons (Fsp3) is 0.438. The maximum Gasteiger partial charge on any atom is 0.0798 e. The zero-order chi connectivity index (χ0) is 25.1. The van der Waals surface area contributed by atoms with E-state index in [1.807, 2.05) is 0 Å². The Morgan fingerprint density at radius 1 is 1.03 bits per heavy atom. The van der Waals surface area contributed by atoms with E-state index < -0.39 is 0 Å². The predicted octanol–water partition coefficient (Wildman–Crippen LogP) is 7.19. The van der Waals surface area contributed by atoms with Crippen molar-refractivity contribution >= 4 is 11.3 Å². The van der Waals surface area contributed by atoms with E-state index in [1.54, 1.807) is 0 Å². The van der Waals surface area contributed by atoms with Gasteiger partial charge in [0.15, 0.2) is 0 Å². The molecular formula is C32H38N2O2. The van der Waals surface area contributed by atoms with E-state index >= 15 is 0 Å². The molecule has 1 fully saturated rings. The highest BCUT2D eigenvalue weighted by Gasteiger charge is 2.27. The first-order valence-corrected chi connectivity index (χ1v) is 13.4. The van der Waals surface area contributed by atoms with Gasteiger partial charge in [0.25, 0.3) is 0 Å². The average Bonchev–Trinajstić information content (AvgIpc) is 3.15. The lowest BCUT2D eigenvalue weighted by Crippen LogP contribution is -2.16. The number of benzene rings is 1. The maximum atomic E-state index is 5.87. The molecule has 5 rings (SSSR count). The van der Waals surface area contributed by atoms with Crippen LogP contribution in [0.1, 0.15) is 56.4 Å². The van der Waals surface area contributed by atoms with E-state index in [-0.39, 0.29) is 0 Å². The number of pyridine rings is 1. The largest absolute Gasteiger partial charge is 0.381 e. The minimum absolute atomic E-state index is 0.344. The van der Waals surface area contributed by atoms with E-state index in [9.17, 15) is 0 Å². The number of aliphatic imine (C=N–C) groups is 1. The van der Waals surface area contributed by atoms with E-state index in [4.69, 9.17) is 19.5 Å². The second kappa shape index (κ2) is 11.1. The van der Waals surface area contributed by atoms with Crippen LogP contribution in [-0.4, -0.2) is 37.1 Å². The summed E-state index contributed by atoms with van der Waals surface area (Å²) in [7, 11) is 0. The molecule has 1 aromatic heterocycles. The number of hydrogen-bond donors (Lipinski definition) is 0. The molecule has 188 valence electrons. The molecule has 2 aromatic rings. The molecule has 36 heavy (non-hydrogen) atoms. The van der Waals surface area contributed by atoms with Crippen molar-refractivity contribution in [2.75, 3.05) is 26.4 Å². The molecule has 0 aliphatic carbocycles. The SMILES string of the molecule is C=C1C=C(C2CCOC[C@H](C)C2)N=C(/C2=C\[C@@H](C)COCCC2)c2ccc(-c3cccc(C)c3)nc21. The standard InChI is InChI=1S/C32H38N2O2/c1-21-7-5-8-25(15-21)29-11-10-28-31(33-29)24(4)18-30(26-12-14-36-20-22(2)16-26)34-32(28)27-9-6-13-35-19-23(3)17-27/h5,7-8,10-11,15,17-18,22-23,26H,4,6,9,12-14,16,19-20H2,1-3H3/b27-17-/t22-,23-,26?/m1/s1. The molecule has 0 radical (unpaired) electrons. The molecule has 3 aliphatic heterocycles. The second-order valence-corrected chi connectivity index (χ2v) is 10.8. The summed E-state index contributed by atoms with van der Waals surface area (Å²) < 4.78 is 11.7. The van der Waals surface area contributed by atoms with Gasteiger partial charge < -0.3 is 9.47 Å². The molecule has 4 nitrogen and oxygen atoms in total. The van der Waals surface area contributed by atoms with Gasteiger partial charge in [0.1, 0.15) is 0 Å². The average molecular weight is 483 g/mol. The third-order valence-corrected chi connectivity index (χ3v) is 7.35. The maximum absolute atomic E-state index is 5.87. The van der Waals surface area contributed by atoms with Crippen LogP contribution in [0.4, 0.5) is 0 Å². The molecule has 4 heteroatoms.